The second-order valence-electron chi connectivity index (χ2n) is 11.7. The van der Waals surface area contributed by atoms with Gasteiger partial charge in [-0.25, -0.2) is 0 Å². The average Bonchev–Trinajstić information content (AvgIpc) is 3.05. The van der Waals surface area contributed by atoms with Crippen LogP contribution in [0.3, 0.4) is 0 Å². The molecular formula is C29H58N2O14. The van der Waals surface area contributed by atoms with Crippen molar-refractivity contribution >= 4 is 11.8 Å². The molecule has 268 valence electrons. The third-order valence-corrected chi connectivity index (χ3v) is 8.10. The molecule has 16 heteroatoms. The van der Waals surface area contributed by atoms with Crippen LogP contribution in [0.4, 0.5) is 0 Å². The number of amides is 2. The van der Waals surface area contributed by atoms with Crippen LogP contribution in [0.25, 0.3) is 0 Å². The van der Waals surface area contributed by atoms with Gasteiger partial charge in [0.25, 0.3) is 0 Å². The molecule has 0 aliphatic rings. The van der Waals surface area contributed by atoms with Gasteiger partial charge in [0, 0.05) is 14.1 Å². The first-order valence-electron chi connectivity index (χ1n) is 15.7. The Morgan fingerprint density at radius 2 is 0.800 bits per heavy atom. The Balaban J connectivity index is 5.71. The van der Waals surface area contributed by atoms with E-state index in [0.717, 1.165) is 52.6 Å². The van der Waals surface area contributed by atoms with Crippen LogP contribution >= 0.6 is 0 Å². The maximum atomic E-state index is 13.5. The number of aliphatic hydroxyl groups is 12. The number of aliphatic hydroxyl groups excluding tert-OH is 12. The SMILES string of the molecule is CCCCCCCCCCCCC(C(=O)N(C)C(O)C(O)C(O)C(O)C(O)CO)C(=O)N(C)C(O)C(O)C(O)C(O)C(O)CO. The fraction of sp³-hybridized carbons (Fsp3) is 0.931. The van der Waals surface area contributed by atoms with Crippen molar-refractivity contribution in [3.8, 4) is 0 Å². The minimum Gasteiger partial charge on any atom is -0.394 e. The quantitative estimate of drug-likeness (QED) is 0.0256. The number of nitrogens with zero attached hydrogens (tertiary/aromatic N) is 2. The van der Waals surface area contributed by atoms with E-state index >= 15 is 0 Å². The van der Waals surface area contributed by atoms with Crippen LogP contribution in [0.5, 0.6) is 0 Å². The molecule has 10 atom stereocenters. The predicted octanol–water partition coefficient (Wildman–Crippen LogP) is -3.66. The first kappa shape index (κ1) is 43.5. The zero-order valence-electron chi connectivity index (χ0n) is 26.6. The molecule has 0 aliphatic carbocycles. The van der Waals surface area contributed by atoms with Gasteiger partial charge in [0.15, 0.2) is 12.5 Å². The molecule has 0 radical (unpaired) electrons. The van der Waals surface area contributed by atoms with E-state index in [4.69, 9.17) is 10.2 Å². The summed E-state index contributed by atoms with van der Waals surface area (Å²) in [4.78, 5) is 28.0. The van der Waals surface area contributed by atoms with Gasteiger partial charge in [0.1, 0.15) is 54.7 Å². The van der Waals surface area contributed by atoms with Crippen molar-refractivity contribution < 1.29 is 70.9 Å². The minimum atomic E-state index is -2.25. The van der Waals surface area contributed by atoms with Crippen molar-refractivity contribution in [1.29, 1.82) is 0 Å². The fourth-order valence-electron chi connectivity index (χ4n) is 4.83. The normalized spacial score (nSPS) is 19.4. The van der Waals surface area contributed by atoms with Crippen LogP contribution in [0.2, 0.25) is 0 Å². The van der Waals surface area contributed by atoms with Crippen LogP contribution < -0.4 is 0 Å². The Kier molecular flexibility index (Phi) is 22.1. The second kappa shape index (κ2) is 22.9. The monoisotopic (exact) mass is 658 g/mol. The van der Waals surface area contributed by atoms with Crippen molar-refractivity contribution in [2.45, 2.75) is 139 Å². The molecule has 0 fully saturated rings. The summed E-state index contributed by atoms with van der Waals surface area (Å²) in [5.74, 6) is -3.75. The number of likely N-dealkylation sites (N-methyl/N-ethyl adjacent to an activating group) is 2. The fourth-order valence-corrected chi connectivity index (χ4v) is 4.83. The van der Waals surface area contributed by atoms with Gasteiger partial charge in [-0.3, -0.25) is 9.59 Å². The second-order valence-corrected chi connectivity index (χ2v) is 11.7. The largest absolute Gasteiger partial charge is 0.394 e. The summed E-state index contributed by atoms with van der Waals surface area (Å²) >= 11 is 0. The van der Waals surface area contributed by atoms with Gasteiger partial charge in [0.05, 0.1) is 13.2 Å². The molecule has 0 saturated carbocycles. The summed E-state index contributed by atoms with van der Waals surface area (Å²) in [5, 5.41) is 119. The summed E-state index contributed by atoms with van der Waals surface area (Å²) < 4.78 is 0. The molecule has 10 unspecified atom stereocenters. The van der Waals surface area contributed by atoms with Gasteiger partial charge >= 0.3 is 0 Å². The highest BCUT2D eigenvalue weighted by molar-refractivity contribution is 6.00. The molecule has 0 aromatic carbocycles. The lowest BCUT2D eigenvalue weighted by Crippen LogP contribution is -2.58. The van der Waals surface area contributed by atoms with Gasteiger partial charge in [-0.2, -0.15) is 0 Å². The highest BCUT2D eigenvalue weighted by Crippen LogP contribution is 2.22. The molecule has 0 rings (SSSR count). The van der Waals surface area contributed by atoms with E-state index in [0.29, 0.717) is 22.6 Å². The third-order valence-electron chi connectivity index (χ3n) is 8.10. The Hall–Kier alpha value is -1.54. The summed E-state index contributed by atoms with van der Waals surface area (Å²) in [6, 6.07) is 0. The molecular weight excluding hydrogens is 600 g/mol. The Labute approximate surface area is 264 Å². The van der Waals surface area contributed by atoms with Crippen molar-refractivity contribution in [2.24, 2.45) is 5.92 Å². The maximum absolute atomic E-state index is 13.5. The number of carbonyl (C=O) groups excluding carboxylic acids is 2. The standard InChI is InChI=1S/C29H58N2O14/c1-4-5-6-7-8-9-10-11-12-13-14-17(26(42)30(2)28(44)24(40)22(38)20(36)18(34)15-32)27(43)31(3)29(45)25(41)23(39)21(37)19(35)16-33/h17-25,28-29,32-41,44-45H,4-16H2,1-3H3. The highest BCUT2D eigenvalue weighted by atomic mass is 16.4. The molecule has 2 amide bonds. The molecule has 45 heavy (non-hydrogen) atoms. The number of hydrogen-bond acceptors (Lipinski definition) is 14. The summed E-state index contributed by atoms with van der Waals surface area (Å²) in [6.45, 7) is 0.188. The van der Waals surface area contributed by atoms with E-state index in [-0.39, 0.29) is 6.42 Å². The molecule has 0 heterocycles. The minimum absolute atomic E-state index is 0.0999. The van der Waals surface area contributed by atoms with Crippen LogP contribution in [-0.4, -0.2) is 171 Å². The summed E-state index contributed by atoms with van der Waals surface area (Å²) in [6.07, 6.45) is -11.8. The maximum Gasteiger partial charge on any atom is 0.236 e. The van der Waals surface area contributed by atoms with Gasteiger partial charge in [-0.05, 0) is 6.42 Å². The van der Waals surface area contributed by atoms with Gasteiger partial charge in [0.2, 0.25) is 11.8 Å². The zero-order valence-corrected chi connectivity index (χ0v) is 26.6. The van der Waals surface area contributed by atoms with Crippen molar-refractivity contribution in [1.82, 2.24) is 9.80 Å². The molecule has 0 saturated heterocycles. The number of unbranched alkanes of at least 4 members (excludes halogenated alkanes) is 9. The van der Waals surface area contributed by atoms with E-state index in [1.165, 1.54) is 12.8 Å². The number of hydrogen-bond donors (Lipinski definition) is 12. The molecule has 12 N–H and O–H groups in total. The molecule has 0 bridgehead atoms. The molecule has 0 aromatic heterocycles. The molecule has 16 nitrogen and oxygen atoms in total. The summed E-state index contributed by atoms with van der Waals surface area (Å²) in [5.41, 5.74) is 0. The van der Waals surface area contributed by atoms with E-state index in [1.807, 2.05) is 0 Å². The smallest absolute Gasteiger partial charge is 0.236 e. The van der Waals surface area contributed by atoms with Crippen molar-refractivity contribution in [3.05, 3.63) is 0 Å². The number of carbonyl (C=O) groups is 2. The molecule has 0 spiro atoms. The lowest BCUT2D eigenvalue weighted by Gasteiger charge is -2.36. The first-order valence-corrected chi connectivity index (χ1v) is 15.7. The Morgan fingerprint density at radius 1 is 0.489 bits per heavy atom. The lowest BCUT2D eigenvalue weighted by atomic mass is 9.95. The van der Waals surface area contributed by atoms with E-state index in [2.05, 4.69) is 6.92 Å². The van der Waals surface area contributed by atoms with Crippen LogP contribution in [0, 0.1) is 5.92 Å². The zero-order chi connectivity index (χ0) is 34.9. The van der Waals surface area contributed by atoms with Crippen LogP contribution in [0.15, 0.2) is 0 Å². The predicted molar refractivity (Wildman–Crippen MR) is 160 cm³/mol. The number of rotatable bonds is 25. The van der Waals surface area contributed by atoms with E-state index in [9.17, 15) is 60.7 Å². The first-order chi connectivity index (χ1) is 21.1. The Bertz CT molecular complexity index is 759. The van der Waals surface area contributed by atoms with Gasteiger partial charge < -0.3 is 71.1 Å². The Morgan fingerprint density at radius 3 is 1.11 bits per heavy atom. The molecule has 0 aromatic rings. The summed E-state index contributed by atoms with van der Waals surface area (Å²) in [7, 11) is 2.00. The molecule has 0 aliphatic heterocycles. The van der Waals surface area contributed by atoms with Crippen LogP contribution in [0.1, 0.15) is 77.6 Å². The lowest BCUT2D eigenvalue weighted by molar-refractivity contribution is -0.185. The van der Waals surface area contributed by atoms with E-state index < -0.39 is 92.2 Å². The topological polar surface area (TPSA) is 283 Å². The van der Waals surface area contributed by atoms with Gasteiger partial charge in [-0.15, -0.1) is 0 Å². The van der Waals surface area contributed by atoms with E-state index in [1.54, 1.807) is 0 Å². The van der Waals surface area contributed by atoms with Crippen molar-refractivity contribution in [3.63, 3.8) is 0 Å². The van der Waals surface area contributed by atoms with Gasteiger partial charge in [-0.1, -0.05) is 71.1 Å². The average molecular weight is 659 g/mol. The third kappa shape index (κ3) is 14.0. The highest BCUT2D eigenvalue weighted by Gasteiger charge is 2.42. The van der Waals surface area contributed by atoms with Crippen molar-refractivity contribution in [2.75, 3.05) is 27.3 Å². The van der Waals surface area contributed by atoms with Crippen LogP contribution in [-0.2, 0) is 9.59 Å².